The molecule has 0 aromatic carbocycles. The smallest absolute Gasteiger partial charge is 0.239 e. The second-order valence-electron chi connectivity index (χ2n) is 4.39. The van der Waals surface area contributed by atoms with E-state index < -0.39 is 0 Å². The van der Waals surface area contributed by atoms with Crippen LogP contribution in [0.2, 0.25) is 0 Å². The van der Waals surface area contributed by atoms with Crippen molar-refractivity contribution in [2.45, 2.75) is 39.7 Å². The van der Waals surface area contributed by atoms with E-state index in [1.54, 1.807) is 18.7 Å². The predicted molar refractivity (Wildman–Crippen MR) is 69.6 cm³/mol. The fourth-order valence-corrected chi connectivity index (χ4v) is 2.93. The molecule has 0 aliphatic carbocycles. The van der Waals surface area contributed by atoms with Gasteiger partial charge >= 0.3 is 0 Å². The van der Waals surface area contributed by atoms with E-state index in [0.717, 1.165) is 30.3 Å². The van der Waals surface area contributed by atoms with Gasteiger partial charge in [0.25, 0.3) is 0 Å². The number of rotatable bonds is 4. The molecule has 0 saturated heterocycles. The minimum atomic E-state index is -0.345. The molecular weight excluding hydrogens is 222 g/mol. The molecule has 5 heteroatoms. The van der Waals surface area contributed by atoms with Crippen LogP contribution in [0.25, 0.3) is 0 Å². The van der Waals surface area contributed by atoms with Crippen LogP contribution < -0.4 is 11.1 Å². The van der Waals surface area contributed by atoms with Gasteiger partial charge in [0.2, 0.25) is 5.91 Å². The third-order valence-electron chi connectivity index (χ3n) is 3.34. The Labute approximate surface area is 101 Å². The van der Waals surface area contributed by atoms with Crippen molar-refractivity contribution in [2.75, 3.05) is 12.3 Å². The van der Waals surface area contributed by atoms with E-state index >= 15 is 0 Å². The summed E-state index contributed by atoms with van der Waals surface area (Å²) in [6.07, 6.45) is 2.30. The number of carbonyl (C=O) groups is 1. The molecule has 1 amide bonds. The molecule has 0 saturated carbocycles. The molecule has 1 aliphatic heterocycles. The normalized spacial score (nSPS) is 21.1. The van der Waals surface area contributed by atoms with Gasteiger partial charge in [-0.25, -0.2) is 0 Å². The number of hydrogen-bond donors (Lipinski definition) is 2. The molecule has 0 fully saturated rings. The van der Waals surface area contributed by atoms with Crippen LogP contribution in [0.1, 0.15) is 33.6 Å². The zero-order valence-corrected chi connectivity index (χ0v) is 11.1. The highest BCUT2D eigenvalue weighted by molar-refractivity contribution is 8.13. The Kier molecular flexibility index (Phi) is 4.65. The summed E-state index contributed by atoms with van der Waals surface area (Å²) >= 11 is 1.70. The van der Waals surface area contributed by atoms with Gasteiger partial charge in [-0.2, -0.15) is 0 Å². The number of primary amides is 1. The number of carbonyl (C=O) groups excluding carboxylic acids is 1. The lowest BCUT2D eigenvalue weighted by Gasteiger charge is -2.33. The van der Waals surface area contributed by atoms with E-state index in [1.807, 2.05) is 0 Å². The lowest BCUT2D eigenvalue weighted by Crippen LogP contribution is -2.43. The van der Waals surface area contributed by atoms with Crippen molar-refractivity contribution in [3.8, 4) is 0 Å². The topological polar surface area (TPSA) is 67.5 Å². The van der Waals surface area contributed by atoms with Crippen LogP contribution in [0, 0.1) is 5.41 Å². The Hall–Kier alpha value is -0.710. The molecule has 0 radical (unpaired) electrons. The standard InChI is InChI=1S/C11H21N3OS/c1-4-11(5-2)6-13-10(16-7-11)14-8(3)9(12)15/h8H,4-7H2,1-3H3,(H2,12,15)(H,13,14). The molecule has 0 aromatic heterocycles. The predicted octanol–water partition coefficient (Wildman–Crippen LogP) is 1.36. The van der Waals surface area contributed by atoms with Crippen molar-refractivity contribution in [3.63, 3.8) is 0 Å². The molecular formula is C11H21N3OS. The second kappa shape index (κ2) is 5.57. The first-order valence-corrected chi connectivity index (χ1v) is 6.74. The Morgan fingerprint density at radius 3 is 2.62 bits per heavy atom. The van der Waals surface area contributed by atoms with Crippen LogP contribution in [0.5, 0.6) is 0 Å². The minimum absolute atomic E-state index is 0.339. The van der Waals surface area contributed by atoms with Crippen molar-refractivity contribution >= 4 is 22.8 Å². The Morgan fingerprint density at radius 2 is 2.25 bits per heavy atom. The van der Waals surface area contributed by atoms with Crippen molar-refractivity contribution in [1.29, 1.82) is 0 Å². The van der Waals surface area contributed by atoms with Gasteiger partial charge in [0.1, 0.15) is 6.04 Å². The average molecular weight is 243 g/mol. The van der Waals surface area contributed by atoms with Gasteiger partial charge in [-0.3, -0.25) is 9.79 Å². The molecule has 0 spiro atoms. The highest BCUT2D eigenvalue weighted by Gasteiger charge is 2.30. The summed E-state index contributed by atoms with van der Waals surface area (Å²) in [6.45, 7) is 7.03. The molecule has 0 bridgehead atoms. The number of nitrogens with zero attached hydrogens (tertiary/aromatic N) is 1. The van der Waals surface area contributed by atoms with Crippen LogP contribution in [-0.4, -0.2) is 29.4 Å². The van der Waals surface area contributed by atoms with Gasteiger partial charge in [-0.1, -0.05) is 25.6 Å². The van der Waals surface area contributed by atoms with Gasteiger partial charge in [0, 0.05) is 12.3 Å². The summed E-state index contributed by atoms with van der Waals surface area (Å²) in [5, 5.41) is 3.89. The molecule has 92 valence electrons. The highest BCUT2D eigenvalue weighted by Crippen LogP contribution is 2.34. The number of nitrogens with one attached hydrogen (secondary N) is 1. The third-order valence-corrected chi connectivity index (χ3v) is 4.62. The molecule has 16 heavy (non-hydrogen) atoms. The molecule has 1 rings (SSSR count). The quantitative estimate of drug-likeness (QED) is 0.783. The Morgan fingerprint density at radius 1 is 1.62 bits per heavy atom. The average Bonchev–Trinajstić information content (AvgIpc) is 2.30. The molecule has 3 N–H and O–H groups in total. The van der Waals surface area contributed by atoms with Crippen molar-refractivity contribution in [2.24, 2.45) is 16.1 Å². The summed E-state index contributed by atoms with van der Waals surface area (Å²) in [6, 6.07) is -0.345. The number of aliphatic imine (C=N–C) groups is 1. The van der Waals surface area contributed by atoms with Crippen LogP contribution in [0.15, 0.2) is 4.99 Å². The van der Waals surface area contributed by atoms with Gasteiger partial charge in [-0.05, 0) is 25.2 Å². The Bertz CT molecular complexity index is 287. The summed E-state index contributed by atoms with van der Waals surface area (Å²) in [5.74, 6) is 0.725. The molecule has 0 aromatic rings. The van der Waals surface area contributed by atoms with Gasteiger partial charge < -0.3 is 11.1 Å². The highest BCUT2D eigenvalue weighted by atomic mass is 32.2. The summed E-state index contributed by atoms with van der Waals surface area (Å²) < 4.78 is 0. The molecule has 1 unspecified atom stereocenters. The van der Waals surface area contributed by atoms with Crippen molar-refractivity contribution in [3.05, 3.63) is 0 Å². The Balaban J connectivity index is 2.55. The maximum absolute atomic E-state index is 10.9. The van der Waals surface area contributed by atoms with Gasteiger partial charge in [0.05, 0.1) is 0 Å². The molecule has 1 atom stereocenters. The summed E-state index contributed by atoms with van der Waals surface area (Å²) in [5.41, 5.74) is 5.53. The van der Waals surface area contributed by atoms with Gasteiger partial charge in [-0.15, -0.1) is 0 Å². The van der Waals surface area contributed by atoms with Crippen LogP contribution >= 0.6 is 11.8 Å². The SMILES string of the molecule is CCC1(CC)CN=C(NC(C)C(N)=O)SC1. The van der Waals surface area contributed by atoms with E-state index in [4.69, 9.17) is 5.73 Å². The van der Waals surface area contributed by atoms with E-state index in [-0.39, 0.29) is 11.9 Å². The van der Waals surface area contributed by atoms with Crippen LogP contribution in [0.4, 0.5) is 0 Å². The van der Waals surface area contributed by atoms with Crippen LogP contribution in [0.3, 0.4) is 0 Å². The number of thioether (sulfide) groups is 1. The zero-order chi connectivity index (χ0) is 12.2. The largest absolute Gasteiger partial charge is 0.368 e. The summed E-state index contributed by atoms with van der Waals surface area (Å²) in [7, 11) is 0. The first-order chi connectivity index (χ1) is 7.53. The number of amidine groups is 1. The monoisotopic (exact) mass is 243 g/mol. The van der Waals surface area contributed by atoms with Crippen molar-refractivity contribution in [1.82, 2.24) is 5.32 Å². The fraction of sp³-hybridized carbons (Fsp3) is 0.818. The summed E-state index contributed by atoms with van der Waals surface area (Å²) in [4.78, 5) is 15.4. The maximum atomic E-state index is 10.9. The zero-order valence-electron chi connectivity index (χ0n) is 10.2. The maximum Gasteiger partial charge on any atom is 0.239 e. The van der Waals surface area contributed by atoms with Crippen molar-refractivity contribution < 1.29 is 4.79 Å². The van der Waals surface area contributed by atoms with E-state index in [1.165, 1.54) is 0 Å². The lowest BCUT2D eigenvalue weighted by atomic mass is 9.84. The number of hydrogen-bond acceptors (Lipinski definition) is 4. The van der Waals surface area contributed by atoms with Gasteiger partial charge in [0.15, 0.2) is 5.17 Å². The lowest BCUT2D eigenvalue weighted by molar-refractivity contribution is -0.119. The molecule has 4 nitrogen and oxygen atoms in total. The molecule has 1 aliphatic rings. The van der Waals surface area contributed by atoms with Crippen LogP contribution in [-0.2, 0) is 4.79 Å². The number of amides is 1. The fourth-order valence-electron chi connectivity index (χ4n) is 1.57. The first-order valence-electron chi connectivity index (χ1n) is 5.76. The first kappa shape index (κ1) is 13.4. The minimum Gasteiger partial charge on any atom is -0.368 e. The third kappa shape index (κ3) is 3.14. The van der Waals surface area contributed by atoms with E-state index in [0.29, 0.717) is 5.41 Å². The molecule has 1 heterocycles. The second-order valence-corrected chi connectivity index (χ2v) is 5.35. The van der Waals surface area contributed by atoms with E-state index in [2.05, 4.69) is 24.2 Å². The number of nitrogens with two attached hydrogens (primary N) is 1. The van der Waals surface area contributed by atoms with E-state index in [9.17, 15) is 4.79 Å².